The Morgan fingerprint density at radius 3 is 2.62 bits per heavy atom. The lowest BCUT2D eigenvalue weighted by Gasteiger charge is -2.11. The Bertz CT molecular complexity index is 1090. The van der Waals surface area contributed by atoms with Crippen molar-refractivity contribution in [2.75, 3.05) is 4.72 Å². The Balaban J connectivity index is 1.97. The van der Waals surface area contributed by atoms with E-state index in [2.05, 4.69) is 20.2 Å². The maximum absolute atomic E-state index is 12.7. The molecule has 10 nitrogen and oxygen atoms in total. The van der Waals surface area contributed by atoms with E-state index in [9.17, 15) is 18.5 Å². The Labute approximate surface area is 148 Å². The van der Waals surface area contributed by atoms with Crippen molar-refractivity contribution in [1.29, 1.82) is 0 Å². The molecular formula is C15H14N6O4S. The molecular weight excluding hydrogens is 360 g/mol. The molecule has 26 heavy (non-hydrogen) atoms. The smallest absolute Gasteiger partial charge is 0.270 e. The second-order valence-electron chi connectivity index (χ2n) is 5.52. The van der Waals surface area contributed by atoms with Crippen LogP contribution in [0.2, 0.25) is 0 Å². The Morgan fingerprint density at radius 2 is 1.96 bits per heavy atom. The number of nitro benzene ring substituents is 1. The minimum Gasteiger partial charge on any atom is -0.280 e. The third-order valence-electron chi connectivity index (χ3n) is 3.67. The van der Waals surface area contributed by atoms with Gasteiger partial charge in [-0.15, -0.1) is 5.10 Å². The lowest BCUT2D eigenvalue weighted by molar-refractivity contribution is -0.385. The average molecular weight is 374 g/mol. The summed E-state index contributed by atoms with van der Waals surface area (Å²) < 4.78 is 29.3. The molecule has 0 unspecified atom stereocenters. The van der Waals surface area contributed by atoms with E-state index in [-0.39, 0.29) is 16.3 Å². The van der Waals surface area contributed by atoms with Crippen molar-refractivity contribution < 1.29 is 13.3 Å². The fraction of sp³-hybridized carbons (Fsp3) is 0.133. The van der Waals surface area contributed by atoms with Crippen LogP contribution in [0.3, 0.4) is 0 Å². The number of rotatable bonds is 5. The molecule has 3 rings (SSSR count). The number of nitro groups is 1. The molecule has 0 saturated carbocycles. The minimum atomic E-state index is -4.01. The molecule has 1 heterocycles. The van der Waals surface area contributed by atoms with E-state index in [0.717, 1.165) is 6.07 Å². The Morgan fingerprint density at radius 1 is 1.19 bits per heavy atom. The number of aryl methyl sites for hydroxylation is 2. The lowest BCUT2D eigenvalue weighted by atomic mass is 10.2. The second-order valence-corrected chi connectivity index (χ2v) is 7.17. The Kier molecular flexibility index (Phi) is 4.38. The van der Waals surface area contributed by atoms with Crippen LogP contribution in [0.5, 0.6) is 0 Å². The zero-order valence-electron chi connectivity index (χ0n) is 13.8. The topological polar surface area (TPSA) is 133 Å². The highest BCUT2D eigenvalue weighted by molar-refractivity contribution is 7.92. The zero-order chi connectivity index (χ0) is 18.9. The number of hydrogen-bond acceptors (Lipinski definition) is 7. The van der Waals surface area contributed by atoms with E-state index in [0.29, 0.717) is 17.0 Å². The number of benzene rings is 2. The number of non-ortho nitro benzene ring substituents is 1. The summed E-state index contributed by atoms with van der Waals surface area (Å²) in [6, 6.07) is 10.2. The highest BCUT2D eigenvalue weighted by atomic mass is 32.2. The molecule has 0 bridgehead atoms. The summed E-state index contributed by atoms with van der Waals surface area (Å²) >= 11 is 0. The first kappa shape index (κ1) is 17.5. The largest absolute Gasteiger partial charge is 0.280 e. The number of nitrogens with one attached hydrogen (secondary N) is 1. The first-order chi connectivity index (χ1) is 12.3. The van der Waals surface area contributed by atoms with Crippen LogP contribution >= 0.6 is 0 Å². The quantitative estimate of drug-likeness (QED) is 0.532. The van der Waals surface area contributed by atoms with Crippen LogP contribution in [0.1, 0.15) is 5.56 Å². The molecule has 0 radical (unpaired) electrons. The van der Waals surface area contributed by atoms with Gasteiger partial charge in [0.05, 0.1) is 9.82 Å². The first-order valence-corrected chi connectivity index (χ1v) is 8.87. The van der Waals surface area contributed by atoms with Gasteiger partial charge in [-0.1, -0.05) is 18.2 Å². The van der Waals surface area contributed by atoms with Crippen LogP contribution < -0.4 is 4.72 Å². The molecule has 11 heteroatoms. The van der Waals surface area contributed by atoms with Gasteiger partial charge in [0.1, 0.15) is 0 Å². The van der Waals surface area contributed by atoms with Crippen LogP contribution in [0.15, 0.2) is 47.4 Å². The normalized spacial score (nSPS) is 11.3. The van der Waals surface area contributed by atoms with Gasteiger partial charge in [0.25, 0.3) is 15.7 Å². The van der Waals surface area contributed by atoms with Crippen LogP contribution in [0, 0.1) is 17.0 Å². The fourth-order valence-corrected chi connectivity index (χ4v) is 3.71. The molecule has 0 aliphatic heterocycles. The van der Waals surface area contributed by atoms with Crippen molar-refractivity contribution in [2.45, 2.75) is 11.8 Å². The van der Waals surface area contributed by atoms with Gasteiger partial charge in [0, 0.05) is 30.4 Å². The average Bonchev–Trinajstić information content (AvgIpc) is 3.00. The summed E-state index contributed by atoms with van der Waals surface area (Å²) in [6.07, 6.45) is 0. The number of anilines is 1. The summed E-state index contributed by atoms with van der Waals surface area (Å²) in [4.78, 5) is 10.1. The predicted octanol–water partition coefficient (Wildman–Crippen LogP) is 1.89. The van der Waals surface area contributed by atoms with Gasteiger partial charge < -0.3 is 0 Å². The highest BCUT2D eigenvalue weighted by Gasteiger charge is 2.21. The molecule has 0 aliphatic carbocycles. The zero-order valence-corrected chi connectivity index (χ0v) is 14.6. The number of aromatic nitrogens is 4. The molecule has 1 aromatic heterocycles. The molecule has 0 spiro atoms. The summed E-state index contributed by atoms with van der Waals surface area (Å²) in [7, 11) is -2.34. The molecule has 0 aliphatic rings. The lowest BCUT2D eigenvalue weighted by Crippen LogP contribution is -2.14. The van der Waals surface area contributed by atoms with Crippen molar-refractivity contribution in [3.63, 3.8) is 0 Å². The standard InChI is InChI=1S/C15H14N6O4S/c1-10-6-7-13(21(22)23)9-14(10)26(24,25)17-12-5-3-4-11(8-12)15-16-18-19-20(15)2/h3-9,17H,1-2H3. The van der Waals surface area contributed by atoms with Gasteiger partial charge in [0.2, 0.25) is 0 Å². The van der Waals surface area contributed by atoms with Gasteiger partial charge in [-0.2, -0.15) is 0 Å². The van der Waals surface area contributed by atoms with Gasteiger partial charge >= 0.3 is 0 Å². The van der Waals surface area contributed by atoms with E-state index in [1.165, 1.54) is 16.8 Å². The summed E-state index contributed by atoms with van der Waals surface area (Å²) in [5.74, 6) is 0.470. The van der Waals surface area contributed by atoms with Crippen molar-refractivity contribution in [3.05, 3.63) is 58.1 Å². The van der Waals surface area contributed by atoms with Crippen molar-refractivity contribution in [3.8, 4) is 11.4 Å². The van der Waals surface area contributed by atoms with E-state index in [1.807, 2.05) is 0 Å². The SMILES string of the molecule is Cc1ccc([N+](=O)[O-])cc1S(=O)(=O)Nc1cccc(-c2nnnn2C)c1. The molecule has 0 amide bonds. The summed E-state index contributed by atoms with van der Waals surface area (Å²) in [5.41, 5.74) is 1.01. The van der Waals surface area contributed by atoms with Gasteiger partial charge in [-0.3, -0.25) is 14.8 Å². The Hall–Kier alpha value is -3.34. The van der Waals surface area contributed by atoms with Crippen molar-refractivity contribution in [1.82, 2.24) is 20.2 Å². The van der Waals surface area contributed by atoms with E-state index in [1.54, 1.807) is 38.2 Å². The highest BCUT2D eigenvalue weighted by Crippen LogP contribution is 2.26. The molecule has 2 aromatic carbocycles. The molecule has 0 atom stereocenters. The van der Waals surface area contributed by atoms with Crippen molar-refractivity contribution >= 4 is 21.4 Å². The van der Waals surface area contributed by atoms with Crippen LogP contribution in [-0.2, 0) is 17.1 Å². The van der Waals surface area contributed by atoms with Gasteiger partial charge in [-0.05, 0) is 35.0 Å². The third kappa shape index (κ3) is 3.37. The third-order valence-corrected chi connectivity index (χ3v) is 5.19. The number of sulfonamides is 1. The van der Waals surface area contributed by atoms with E-state index in [4.69, 9.17) is 0 Å². The van der Waals surface area contributed by atoms with Gasteiger partial charge in [-0.25, -0.2) is 13.1 Å². The van der Waals surface area contributed by atoms with Crippen LogP contribution in [-0.4, -0.2) is 33.5 Å². The van der Waals surface area contributed by atoms with Gasteiger partial charge in [0.15, 0.2) is 5.82 Å². The minimum absolute atomic E-state index is 0.155. The predicted molar refractivity (Wildman–Crippen MR) is 92.9 cm³/mol. The second kappa shape index (κ2) is 6.52. The molecule has 1 N–H and O–H groups in total. The van der Waals surface area contributed by atoms with Crippen molar-refractivity contribution in [2.24, 2.45) is 7.05 Å². The van der Waals surface area contributed by atoms with Crippen LogP contribution in [0.25, 0.3) is 11.4 Å². The van der Waals surface area contributed by atoms with Crippen LogP contribution in [0.4, 0.5) is 11.4 Å². The van der Waals surface area contributed by atoms with E-state index < -0.39 is 14.9 Å². The fourth-order valence-electron chi connectivity index (χ4n) is 2.40. The molecule has 0 fully saturated rings. The monoisotopic (exact) mass is 374 g/mol. The number of nitrogens with zero attached hydrogens (tertiary/aromatic N) is 5. The molecule has 3 aromatic rings. The molecule has 134 valence electrons. The first-order valence-electron chi connectivity index (χ1n) is 7.38. The summed E-state index contributed by atoms with van der Waals surface area (Å²) in [5, 5.41) is 22.1. The maximum Gasteiger partial charge on any atom is 0.270 e. The number of tetrazole rings is 1. The maximum atomic E-state index is 12.7. The molecule has 0 saturated heterocycles. The number of hydrogen-bond donors (Lipinski definition) is 1. The summed E-state index contributed by atoms with van der Waals surface area (Å²) in [6.45, 7) is 1.57. The van der Waals surface area contributed by atoms with E-state index >= 15 is 0 Å².